The van der Waals surface area contributed by atoms with Crippen LogP contribution in [0.4, 0.5) is 0 Å². The van der Waals surface area contributed by atoms with E-state index in [2.05, 4.69) is 12.2 Å². The van der Waals surface area contributed by atoms with E-state index >= 15 is 0 Å². The summed E-state index contributed by atoms with van der Waals surface area (Å²) in [4.78, 5) is 0. The van der Waals surface area contributed by atoms with E-state index in [9.17, 15) is 0 Å². The molecule has 0 aromatic heterocycles. The summed E-state index contributed by atoms with van der Waals surface area (Å²) < 4.78 is 1.69. The molecular formula is C3H7NNiOS2. The van der Waals surface area contributed by atoms with Crippen LogP contribution in [0, 0.1) is 0 Å². The molecule has 0 heterocycles. The summed E-state index contributed by atoms with van der Waals surface area (Å²) in [5.74, 6) is 0. The van der Waals surface area contributed by atoms with E-state index in [0.717, 1.165) is 11.9 Å². The average Bonchev–Trinajstić information content (AvgIpc) is 1.27. The Balaban J connectivity index is 0. The maximum Gasteiger partial charge on any atom is 0.233 e. The standard InChI is InChI=1S/C3H7NOS2.Ni/c1-4(2)7-3(5)6;/h1-2H3,(H,5,6);. The second-order valence-electron chi connectivity index (χ2n) is 1.17. The molecule has 0 amide bonds. The quantitative estimate of drug-likeness (QED) is 0.384. The van der Waals surface area contributed by atoms with Crippen molar-refractivity contribution in [1.29, 1.82) is 0 Å². The van der Waals surface area contributed by atoms with Crippen LogP contribution in [0.3, 0.4) is 0 Å². The second-order valence-corrected chi connectivity index (χ2v) is 3.11. The van der Waals surface area contributed by atoms with Crippen molar-refractivity contribution in [3.05, 3.63) is 0 Å². The van der Waals surface area contributed by atoms with E-state index in [4.69, 9.17) is 5.11 Å². The number of thiocarbonyl (C=S) groups is 1. The third kappa shape index (κ3) is 9.85. The molecule has 2 nitrogen and oxygen atoms in total. The van der Waals surface area contributed by atoms with Crippen LogP contribution in [0.2, 0.25) is 0 Å². The molecule has 0 aliphatic carbocycles. The van der Waals surface area contributed by atoms with Gasteiger partial charge in [0.25, 0.3) is 0 Å². The zero-order chi connectivity index (χ0) is 5.86. The molecule has 0 atom stereocenters. The van der Waals surface area contributed by atoms with E-state index in [0.29, 0.717) is 0 Å². The van der Waals surface area contributed by atoms with Gasteiger partial charge in [-0.05, 0) is 26.3 Å². The van der Waals surface area contributed by atoms with Gasteiger partial charge >= 0.3 is 0 Å². The Labute approximate surface area is 68.7 Å². The number of hydrogen-bond acceptors (Lipinski definition) is 3. The summed E-state index contributed by atoms with van der Waals surface area (Å²) in [6.07, 6.45) is 0. The summed E-state index contributed by atoms with van der Waals surface area (Å²) in [5, 5.41) is 8.38. The third-order valence-corrected chi connectivity index (χ3v) is 1.01. The molecule has 0 aromatic carbocycles. The van der Waals surface area contributed by atoms with Crippen molar-refractivity contribution in [2.75, 3.05) is 14.1 Å². The second kappa shape index (κ2) is 5.82. The molecule has 0 saturated heterocycles. The van der Waals surface area contributed by atoms with Crippen molar-refractivity contribution in [1.82, 2.24) is 4.31 Å². The fourth-order valence-electron chi connectivity index (χ4n) is 0.156. The molecule has 0 rings (SSSR count). The molecule has 0 aliphatic rings. The van der Waals surface area contributed by atoms with Crippen molar-refractivity contribution in [3.63, 3.8) is 0 Å². The minimum Gasteiger partial charge on any atom is -0.493 e. The molecule has 0 spiro atoms. The molecule has 0 radical (unpaired) electrons. The summed E-state index contributed by atoms with van der Waals surface area (Å²) in [6.45, 7) is 0. The smallest absolute Gasteiger partial charge is 0.233 e. The summed E-state index contributed by atoms with van der Waals surface area (Å²) in [6, 6.07) is 0. The molecule has 0 aliphatic heterocycles. The minimum absolute atomic E-state index is 0. The van der Waals surface area contributed by atoms with Crippen LogP contribution in [0.25, 0.3) is 0 Å². The van der Waals surface area contributed by atoms with Gasteiger partial charge in [0.15, 0.2) is 0 Å². The summed E-state index contributed by atoms with van der Waals surface area (Å²) in [5.41, 5.74) is 0. The molecular weight excluding hydrogens is 189 g/mol. The minimum atomic E-state index is -0.0370. The Morgan fingerprint density at radius 2 is 2.00 bits per heavy atom. The maximum absolute atomic E-state index is 8.38. The maximum atomic E-state index is 8.38. The molecule has 5 heteroatoms. The first-order valence-corrected chi connectivity index (χ1v) is 2.89. The first kappa shape index (κ1) is 11.5. The van der Waals surface area contributed by atoms with Crippen LogP contribution in [0.15, 0.2) is 0 Å². The Morgan fingerprint density at radius 3 is 2.00 bits per heavy atom. The molecule has 0 saturated carbocycles. The number of aliphatic hydroxyl groups excluding tert-OH is 1. The number of rotatable bonds is 1. The van der Waals surface area contributed by atoms with Gasteiger partial charge in [-0.25, -0.2) is 4.31 Å². The molecule has 0 aromatic rings. The average molecular weight is 196 g/mol. The van der Waals surface area contributed by atoms with Crippen molar-refractivity contribution >= 4 is 28.5 Å². The van der Waals surface area contributed by atoms with Crippen LogP contribution in [-0.4, -0.2) is 27.9 Å². The number of aliphatic hydroxyl groups is 1. The van der Waals surface area contributed by atoms with Crippen LogP contribution in [0.1, 0.15) is 0 Å². The summed E-state index contributed by atoms with van der Waals surface area (Å²) >= 11 is 5.48. The van der Waals surface area contributed by atoms with Crippen LogP contribution >= 0.6 is 24.2 Å². The third-order valence-electron chi connectivity index (χ3n) is 0.261. The largest absolute Gasteiger partial charge is 0.493 e. The molecule has 0 fully saturated rings. The van der Waals surface area contributed by atoms with Crippen molar-refractivity contribution < 1.29 is 21.6 Å². The normalized spacial score (nSPS) is 8.38. The first-order chi connectivity index (χ1) is 3.13. The first-order valence-electron chi connectivity index (χ1n) is 1.71. The number of hydrogen-bond donors (Lipinski definition) is 1. The van der Waals surface area contributed by atoms with E-state index < -0.39 is 0 Å². The molecule has 0 bridgehead atoms. The molecule has 0 unspecified atom stereocenters. The Hall–Kier alpha value is 0.694. The van der Waals surface area contributed by atoms with Crippen molar-refractivity contribution in [2.24, 2.45) is 0 Å². The predicted octanol–water partition coefficient (Wildman–Crippen LogP) is 1.04. The molecule has 1 N–H and O–H groups in total. The monoisotopic (exact) mass is 195 g/mol. The zero-order valence-corrected chi connectivity index (χ0v) is 7.15. The molecule has 52 valence electrons. The Bertz CT molecular complexity index is 77.7. The van der Waals surface area contributed by atoms with E-state index in [1.54, 1.807) is 4.31 Å². The SMILES string of the molecule is CN(C)SC(O)=S.[Ni]. The number of nitrogens with zero attached hydrogens (tertiary/aromatic N) is 1. The Kier molecular flexibility index (Phi) is 8.36. The fraction of sp³-hybridized carbons (Fsp3) is 0.667. The van der Waals surface area contributed by atoms with Gasteiger partial charge in [-0.1, -0.05) is 0 Å². The van der Waals surface area contributed by atoms with Crippen LogP contribution in [0.5, 0.6) is 0 Å². The zero-order valence-electron chi connectivity index (χ0n) is 4.53. The van der Waals surface area contributed by atoms with E-state index in [-0.39, 0.29) is 20.9 Å². The van der Waals surface area contributed by atoms with Gasteiger partial charge in [0.05, 0.1) is 0 Å². The van der Waals surface area contributed by atoms with Gasteiger partial charge in [0.1, 0.15) is 0 Å². The van der Waals surface area contributed by atoms with Gasteiger partial charge < -0.3 is 5.11 Å². The Morgan fingerprint density at radius 1 is 1.62 bits per heavy atom. The van der Waals surface area contributed by atoms with Crippen molar-refractivity contribution in [3.8, 4) is 0 Å². The van der Waals surface area contributed by atoms with E-state index in [1.165, 1.54) is 0 Å². The van der Waals surface area contributed by atoms with E-state index in [1.807, 2.05) is 14.1 Å². The summed E-state index contributed by atoms with van der Waals surface area (Å²) in [7, 11) is 3.63. The van der Waals surface area contributed by atoms with Gasteiger partial charge in [-0.15, -0.1) is 0 Å². The van der Waals surface area contributed by atoms with Crippen LogP contribution < -0.4 is 0 Å². The van der Waals surface area contributed by atoms with Crippen molar-refractivity contribution in [2.45, 2.75) is 0 Å². The fourth-order valence-corrected chi connectivity index (χ4v) is 0.916. The van der Waals surface area contributed by atoms with Gasteiger partial charge in [0.2, 0.25) is 4.38 Å². The molecule has 8 heavy (non-hydrogen) atoms. The van der Waals surface area contributed by atoms with Gasteiger partial charge in [-0.2, -0.15) is 0 Å². The van der Waals surface area contributed by atoms with Crippen LogP contribution in [-0.2, 0) is 16.5 Å². The topological polar surface area (TPSA) is 23.5 Å². The van der Waals surface area contributed by atoms with Gasteiger partial charge in [0, 0.05) is 28.4 Å². The predicted molar refractivity (Wildman–Crippen MR) is 36.5 cm³/mol. The van der Waals surface area contributed by atoms with Gasteiger partial charge in [-0.3, -0.25) is 0 Å².